The maximum Gasteiger partial charge on any atom is 0.191 e. The zero-order valence-corrected chi connectivity index (χ0v) is 19.2. The summed E-state index contributed by atoms with van der Waals surface area (Å²) in [6.07, 6.45) is 9.96. The molecule has 0 bridgehead atoms. The molecule has 0 unspecified atom stereocenters. The molecule has 25 heavy (non-hydrogen) atoms. The Morgan fingerprint density at radius 3 is 2.52 bits per heavy atom. The molecule has 0 radical (unpaired) electrons. The average molecular weight is 484 g/mol. The number of ether oxygens (including phenoxy) is 1. The summed E-state index contributed by atoms with van der Waals surface area (Å²) in [4.78, 5) is 7.65. The quantitative estimate of drug-likeness (QED) is 0.240. The first kappa shape index (κ1) is 23.3. The van der Waals surface area contributed by atoms with Gasteiger partial charge in [0.05, 0.1) is 19.8 Å². The van der Waals surface area contributed by atoms with Crippen LogP contribution in [0, 0.1) is 0 Å². The topological polar surface area (TPSA) is 48.9 Å². The van der Waals surface area contributed by atoms with Gasteiger partial charge in [0.1, 0.15) is 0 Å². The van der Waals surface area contributed by atoms with E-state index in [-0.39, 0.29) is 29.5 Å². The third kappa shape index (κ3) is 7.81. The normalized spacial score (nSPS) is 21.4. The van der Waals surface area contributed by atoms with Crippen LogP contribution in [0.25, 0.3) is 0 Å². The third-order valence-electron chi connectivity index (χ3n) is 5.16. The van der Waals surface area contributed by atoms with Crippen molar-refractivity contribution in [2.24, 2.45) is 4.99 Å². The summed E-state index contributed by atoms with van der Waals surface area (Å²) < 4.78 is 5.57. The second-order valence-electron chi connectivity index (χ2n) is 6.85. The lowest BCUT2D eigenvalue weighted by molar-refractivity contribution is -0.0333. The number of morpholine rings is 1. The molecule has 1 saturated carbocycles. The summed E-state index contributed by atoms with van der Waals surface area (Å²) in [6, 6.07) is 0. The molecule has 148 valence electrons. The molecule has 0 spiro atoms. The van der Waals surface area contributed by atoms with Gasteiger partial charge in [-0.2, -0.15) is 11.8 Å². The van der Waals surface area contributed by atoms with E-state index in [1.165, 1.54) is 44.3 Å². The highest BCUT2D eigenvalue weighted by atomic mass is 127. The Morgan fingerprint density at radius 1 is 1.16 bits per heavy atom. The van der Waals surface area contributed by atoms with E-state index in [0.717, 1.165) is 51.9 Å². The Morgan fingerprint density at radius 2 is 1.88 bits per heavy atom. The fourth-order valence-corrected chi connectivity index (χ4v) is 4.25. The Kier molecular flexibility index (Phi) is 12.5. The number of nitrogens with one attached hydrogen (secondary N) is 2. The van der Waals surface area contributed by atoms with Gasteiger partial charge in [0, 0.05) is 31.7 Å². The molecule has 5 nitrogen and oxygen atoms in total. The Bertz CT molecular complexity index is 372. The van der Waals surface area contributed by atoms with Crippen LogP contribution in [-0.2, 0) is 4.74 Å². The predicted molar refractivity (Wildman–Crippen MR) is 121 cm³/mol. The number of guanidine groups is 1. The fraction of sp³-hybridized carbons (Fsp3) is 0.944. The van der Waals surface area contributed by atoms with E-state index in [4.69, 9.17) is 9.73 Å². The monoisotopic (exact) mass is 484 g/mol. The van der Waals surface area contributed by atoms with Gasteiger partial charge in [-0.15, -0.1) is 24.0 Å². The highest BCUT2D eigenvalue weighted by molar-refractivity contribution is 14.0. The van der Waals surface area contributed by atoms with E-state index in [2.05, 4.69) is 28.7 Å². The van der Waals surface area contributed by atoms with E-state index in [9.17, 15) is 0 Å². The molecule has 2 rings (SSSR count). The van der Waals surface area contributed by atoms with Crippen molar-refractivity contribution in [2.75, 3.05) is 57.9 Å². The van der Waals surface area contributed by atoms with Crippen molar-refractivity contribution in [1.82, 2.24) is 15.5 Å². The average Bonchev–Trinajstić information content (AvgIpc) is 2.64. The van der Waals surface area contributed by atoms with Gasteiger partial charge in [-0.1, -0.05) is 19.3 Å². The lowest BCUT2D eigenvalue weighted by Gasteiger charge is -2.47. The lowest BCUT2D eigenvalue weighted by atomic mass is 9.80. The summed E-state index contributed by atoms with van der Waals surface area (Å²) in [5, 5.41) is 6.91. The van der Waals surface area contributed by atoms with Crippen LogP contribution >= 0.6 is 35.7 Å². The van der Waals surface area contributed by atoms with Crippen molar-refractivity contribution >= 4 is 41.7 Å². The zero-order valence-electron chi connectivity index (χ0n) is 16.0. The predicted octanol–water partition coefficient (Wildman–Crippen LogP) is 2.95. The first-order valence-corrected chi connectivity index (χ1v) is 11.0. The number of rotatable bonds is 8. The first-order valence-electron chi connectivity index (χ1n) is 9.65. The van der Waals surface area contributed by atoms with Crippen molar-refractivity contribution in [3.05, 3.63) is 0 Å². The number of hydrogen-bond donors (Lipinski definition) is 2. The van der Waals surface area contributed by atoms with Crippen LogP contribution in [0.4, 0.5) is 0 Å². The Balaban J connectivity index is 0.00000312. The SMILES string of the molecule is CCNC(=NCC1(N2CCOCC2)CCCCC1)NCCCSC.I. The zero-order chi connectivity index (χ0) is 17.1. The van der Waals surface area contributed by atoms with E-state index in [1.54, 1.807) is 0 Å². The summed E-state index contributed by atoms with van der Waals surface area (Å²) >= 11 is 1.90. The molecule has 0 aromatic heterocycles. The summed E-state index contributed by atoms with van der Waals surface area (Å²) in [5.74, 6) is 2.18. The van der Waals surface area contributed by atoms with Gasteiger partial charge >= 0.3 is 0 Å². The van der Waals surface area contributed by atoms with Crippen LogP contribution < -0.4 is 10.6 Å². The van der Waals surface area contributed by atoms with Crippen molar-refractivity contribution in [3.63, 3.8) is 0 Å². The minimum absolute atomic E-state index is 0. The van der Waals surface area contributed by atoms with Crippen molar-refractivity contribution in [3.8, 4) is 0 Å². The summed E-state index contributed by atoms with van der Waals surface area (Å²) in [6.45, 7) is 8.83. The van der Waals surface area contributed by atoms with Crippen LogP contribution in [0.2, 0.25) is 0 Å². The maximum atomic E-state index is 5.57. The van der Waals surface area contributed by atoms with Gasteiger partial charge in [-0.3, -0.25) is 9.89 Å². The highest BCUT2D eigenvalue weighted by Crippen LogP contribution is 2.34. The Labute approximate surface area is 175 Å². The van der Waals surface area contributed by atoms with Gasteiger partial charge in [-0.25, -0.2) is 0 Å². The van der Waals surface area contributed by atoms with Crippen LogP contribution in [-0.4, -0.2) is 74.3 Å². The molecule has 2 N–H and O–H groups in total. The smallest absolute Gasteiger partial charge is 0.191 e. The molecule has 0 aromatic carbocycles. The maximum absolute atomic E-state index is 5.57. The van der Waals surface area contributed by atoms with Gasteiger partial charge in [-0.05, 0) is 38.2 Å². The number of thioether (sulfide) groups is 1. The van der Waals surface area contributed by atoms with Crippen LogP contribution in [0.3, 0.4) is 0 Å². The minimum Gasteiger partial charge on any atom is -0.379 e. The van der Waals surface area contributed by atoms with Gasteiger partial charge in [0.25, 0.3) is 0 Å². The molecular weight excluding hydrogens is 447 g/mol. The molecule has 1 saturated heterocycles. The van der Waals surface area contributed by atoms with E-state index in [1.807, 2.05) is 11.8 Å². The van der Waals surface area contributed by atoms with Gasteiger partial charge in [0.15, 0.2) is 5.96 Å². The Hall–Kier alpha value is 0.270. The van der Waals surface area contributed by atoms with E-state index >= 15 is 0 Å². The fourth-order valence-electron chi connectivity index (χ4n) is 3.81. The van der Waals surface area contributed by atoms with Gasteiger partial charge in [0.2, 0.25) is 0 Å². The lowest BCUT2D eigenvalue weighted by Crippen LogP contribution is -2.56. The van der Waals surface area contributed by atoms with Gasteiger partial charge < -0.3 is 15.4 Å². The number of aliphatic imine (C=N–C) groups is 1. The molecule has 0 aromatic rings. The molecule has 1 aliphatic heterocycles. The van der Waals surface area contributed by atoms with Crippen molar-refractivity contribution in [1.29, 1.82) is 0 Å². The largest absolute Gasteiger partial charge is 0.379 e. The second kappa shape index (κ2) is 13.4. The van der Waals surface area contributed by atoms with E-state index in [0.29, 0.717) is 0 Å². The van der Waals surface area contributed by atoms with Crippen molar-refractivity contribution < 1.29 is 4.74 Å². The molecule has 2 aliphatic rings. The molecule has 0 amide bonds. The highest BCUT2D eigenvalue weighted by Gasteiger charge is 2.38. The van der Waals surface area contributed by atoms with Crippen molar-refractivity contribution in [2.45, 2.75) is 51.0 Å². The summed E-state index contributed by atoms with van der Waals surface area (Å²) in [5.41, 5.74) is 0.254. The second-order valence-corrected chi connectivity index (χ2v) is 7.84. The number of halogens is 1. The first-order chi connectivity index (χ1) is 11.8. The van der Waals surface area contributed by atoms with Crippen LogP contribution in [0.15, 0.2) is 4.99 Å². The molecule has 0 atom stereocenters. The van der Waals surface area contributed by atoms with Crippen LogP contribution in [0.1, 0.15) is 45.4 Å². The number of nitrogens with zero attached hydrogens (tertiary/aromatic N) is 2. The molecule has 1 heterocycles. The standard InChI is InChI=1S/C18H36N4OS.HI/c1-3-19-17(20-10-7-15-24-2)21-16-18(8-5-4-6-9-18)22-11-13-23-14-12-22;/h3-16H2,1-2H3,(H2,19,20,21);1H. The molecule has 1 aliphatic carbocycles. The molecular formula is C18H37IN4OS. The van der Waals surface area contributed by atoms with E-state index < -0.39 is 0 Å². The number of hydrogen-bond acceptors (Lipinski definition) is 4. The molecule has 7 heteroatoms. The summed E-state index contributed by atoms with van der Waals surface area (Å²) in [7, 11) is 0. The van der Waals surface area contributed by atoms with Crippen LogP contribution in [0.5, 0.6) is 0 Å². The minimum atomic E-state index is 0. The molecule has 2 fully saturated rings. The third-order valence-corrected chi connectivity index (χ3v) is 5.86.